The van der Waals surface area contributed by atoms with Crippen molar-refractivity contribution in [3.05, 3.63) is 65.0 Å². The highest BCUT2D eigenvalue weighted by molar-refractivity contribution is 5.81. The molecule has 0 saturated carbocycles. The van der Waals surface area contributed by atoms with E-state index in [1.807, 2.05) is 32.9 Å². The second kappa shape index (κ2) is 9.21. The van der Waals surface area contributed by atoms with Gasteiger partial charge in [-0.3, -0.25) is 4.79 Å². The Morgan fingerprint density at radius 1 is 1.12 bits per heavy atom. The summed E-state index contributed by atoms with van der Waals surface area (Å²) in [5, 5.41) is 2.93. The fourth-order valence-corrected chi connectivity index (χ4v) is 2.76. The van der Waals surface area contributed by atoms with Gasteiger partial charge in [0.2, 0.25) is 0 Å². The van der Waals surface area contributed by atoms with Gasteiger partial charge in [-0.05, 0) is 74.1 Å². The van der Waals surface area contributed by atoms with Crippen LogP contribution in [0.1, 0.15) is 36.5 Å². The highest BCUT2D eigenvalue weighted by Gasteiger charge is 2.18. The van der Waals surface area contributed by atoms with Crippen molar-refractivity contribution in [1.29, 1.82) is 0 Å². The summed E-state index contributed by atoms with van der Waals surface area (Å²) in [6.07, 6.45) is 1.72. The van der Waals surface area contributed by atoms with Crippen LogP contribution in [-0.4, -0.2) is 18.6 Å². The van der Waals surface area contributed by atoms with E-state index in [2.05, 4.69) is 11.4 Å². The Morgan fingerprint density at radius 2 is 1.76 bits per heavy atom. The van der Waals surface area contributed by atoms with Gasteiger partial charge in [-0.25, -0.2) is 4.39 Å². The van der Waals surface area contributed by atoms with Crippen LogP contribution in [0.5, 0.6) is 5.75 Å². The molecule has 4 heteroatoms. The largest absolute Gasteiger partial charge is 0.481 e. The average Bonchev–Trinajstić information content (AvgIpc) is 2.57. The van der Waals surface area contributed by atoms with E-state index in [0.717, 1.165) is 35.3 Å². The third-order valence-electron chi connectivity index (χ3n) is 3.99. The van der Waals surface area contributed by atoms with Crippen molar-refractivity contribution in [2.75, 3.05) is 6.54 Å². The second-order valence-electron chi connectivity index (χ2n) is 6.36. The second-order valence-corrected chi connectivity index (χ2v) is 6.36. The lowest BCUT2D eigenvalue weighted by Gasteiger charge is -2.18. The van der Waals surface area contributed by atoms with Crippen molar-refractivity contribution in [3.8, 4) is 5.75 Å². The molecule has 1 N–H and O–H groups in total. The minimum absolute atomic E-state index is 0.0965. The quantitative estimate of drug-likeness (QED) is 0.724. The van der Waals surface area contributed by atoms with Crippen molar-refractivity contribution >= 4 is 5.91 Å². The van der Waals surface area contributed by atoms with Gasteiger partial charge in [0.25, 0.3) is 5.91 Å². The van der Waals surface area contributed by atoms with Crippen LogP contribution in [0.2, 0.25) is 0 Å². The molecule has 0 saturated heterocycles. The van der Waals surface area contributed by atoms with Crippen molar-refractivity contribution < 1.29 is 13.9 Å². The van der Waals surface area contributed by atoms with Crippen molar-refractivity contribution in [3.63, 3.8) is 0 Å². The molecule has 0 fully saturated rings. The SMILES string of the molecule is CCC(Oc1cc(C)cc(C)c1)C(=O)NCCCc1ccc(F)cc1. The molecule has 0 aliphatic heterocycles. The first-order chi connectivity index (χ1) is 12.0. The molecule has 0 aliphatic rings. The third kappa shape index (κ3) is 6.22. The summed E-state index contributed by atoms with van der Waals surface area (Å²) < 4.78 is 18.7. The molecule has 0 aromatic heterocycles. The van der Waals surface area contributed by atoms with Gasteiger partial charge in [0, 0.05) is 6.54 Å². The molecule has 0 radical (unpaired) electrons. The van der Waals surface area contributed by atoms with Crippen LogP contribution in [0.15, 0.2) is 42.5 Å². The molecule has 2 aromatic carbocycles. The van der Waals surface area contributed by atoms with Crippen LogP contribution in [0, 0.1) is 19.7 Å². The number of benzene rings is 2. The Kier molecular flexibility index (Phi) is 6.99. The molecule has 0 aliphatic carbocycles. The van der Waals surface area contributed by atoms with Crippen molar-refractivity contribution in [1.82, 2.24) is 5.32 Å². The molecule has 1 atom stereocenters. The summed E-state index contributed by atoms with van der Waals surface area (Å²) in [6, 6.07) is 12.4. The van der Waals surface area contributed by atoms with Gasteiger partial charge >= 0.3 is 0 Å². The summed E-state index contributed by atoms with van der Waals surface area (Å²) in [4.78, 5) is 12.3. The number of aryl methyl sites for hydroxylation is 3. The van der Waals surface area contributed by atoms with Crippen LogP contribution < -0.4 is 10.1 Å². The fraction of sp³-hybridized carbons (Fsp3) is 0.381. The predicted octanol–water partition coefficient (Wildman–Crippen LogP) is 4.35. The Hall–Kier alpha value is -2.36. The maximum Gasteiger partial charge on any atom is 0.261 e. The number of carbonyl (C=O) groups excluding carboxylic acids is 1. The van der Waals surface area contributed by atoms with Crippen LogP contribution >= 0.6 is 0 Å². The first-order valence-corrected chi connectivity index (χ1v) is 8.75. The average molecular weight is 343 g/mol. The van der Waals surface area contributed by atoms with Gasteiger partial charge in [0.05, 0.1) is 0 Å². The number of amides is 1. The fourth-order valence-electron chi connectivity index (χ4n) is 2.76. The maximum absolute atomic E-state index is 12.9. The van der Waals surface area contributed by atoms with Gasteiger partial charge in [-0.15, -0.1) is 0 Å². The number of hydrogen-bond acceptors (Lipinski definition) is 2. The monoisotopic (exact) mass is 343 g/mol. The van der Waals surface area contributed by atoms with Gasteiger partial charge < -0.3 is 10.1 Å². The minimum atomic E-state index is -0.493. The third-order valence-corrected chi connectivity index (χ3v) is 3.99. The zero-order chi connectivity index (χ0) is 18.2. The lowest BCUT2D eigenvalue weighted by Crippen LogP contribution is -2.38. The summed E-state index contributed by atoms with van der Waals surface area (Å²) in [5.41, 5.74) is 3.29. The molecule has 134 valence electrons. The predicted molar refractivity (Wildman–Crippen MR) is 98.4 cm³/mol. The molecular weight excluding hydrogens is 317 g/mol. The molecule has 0 spiro atoms. The number of carbonyl (C=O) groups is 1. The molecule has 1 unspecified atom stereocenters. The number of ether oxygens (including phenoxy) is 1. The Labute approximate surface area is 149 Å². The zero-order valence-electron chi connectivity index (χ0n) is 15.1. The Morgan fingerprint density at radius 3 is 2.36 bits per heavy atom. The number of nitrogens with one attached hydrogen (secondary N) is 1. The first kappa shape index (κ1) is 19.0. The van der Waals surface area contributed by atoms with E-state index < -0.39 is 6.10 Å². The van der Waals surface area contributed by atoms with Crippen LogP contribution in [0.4, 0.5) is 4.39 Å². The van der Waals surface area contributed by atoms with Gasteiger partial charge in [0.15, 0.2) is 6.10 Å². The summed E-state index contributed by atoms with van der Waals surface area (Å²) in [5.74, 6) is 0.401. The zero-order valence-corrected chi connectivity index (χ0v) is 15.1. The maximum atomic E-state index is 12.9. The van der Waals surface area contributed by atoms with E-state index >= 15 is 0 Å². The normalized spacial score (nSPS) is 11.8. The summed E-state index contributed by atoms with van der Waals surface area (Å²) >= 11 is 0. The standard InChI is InChI=1S/C21H26FNO2/c1-4-20(25-19-13-15(2)12-16(3)14-19)21(24)23-11-5-6-17-7-9-18(22)10-8-17/h7-10,12-14,20H,4-6,11H2,1-3H3,(H,23,24). The van der Waals surface area contributed by atoms with Gasteiger partial charge in [-0.2, -0.15) is 0 Å². The van der Waals surface area contributed by atoms with Gasteiger partial charge in [-0.1, -0.05) is 25.1 Å². The number of halogens is 1. The van der Waals surface area contributed by atoms with E-state index in [1.165, 1.54) is 12.1 Å². The summed E-state index contributed by atoms with van der Waals surface area (Å²) in [6.45, 7) is 6.53. The topological polar surface area (TPSA) is 38.3 Å². The number of rotatable bonds is 8. The first-order valence-electron chi connectivity index (χ1n) is 8.75. The molecule has 1 amide bonds. The Bertz CT molecular complexity index is 677. The van der Waals surface area contributed by atoms with Crippen LogP contribution in [-0.2, 0) is 11.2 Å². The van der Waals surface area contributed by atoms with E-state index in [1.54, 1.807) is 12.1 Å². The van der Waals surface area contributed by atoms with E-state index in [9.17, 15) is 9.18 Å². The highest BCUT2D eigenvalue weighted by atomic mass is 19.1. The van der Waals surface area contributed by atoms with Gasteiger partial charge in [0.1, 0.15) is 11.6 Å². The molecule has 0 bridgehead atoms. The van der Waals surface area contributed by atoms with Crippen LogP contribution in [0.25, 0.3) is 0 Å². The number of hydrogen-bond donors (Lipinski definition) is 1. The molecule has 3 nitrogen and oxygen atoms in total. The van der Waals surface area contributed by atoms with Crippen molar-refractivity contribution in [2.45, 2.75) is 46.1 Å². The van der Waals surface area contributed by atoms with Crippen molar-refractivity contribution in [2.24, 2.45) is 0 Å². The minimum Gasteiger partial charge on any atom is -0.481 e. The lowest BCUT2D eigenvalue weighted by molar-refractivity contribution is -0.128. The van der Waals surface area contributed by atoms with Crippen LogP contribution in [0.3, 0.4) is 0 Å². The Balaban J connectivity index is 1.80. The summed E-state index contributed by atoms with van der Waals surface area (Å²) in [7, 11) is 0. The molecule has 0 heterocycles. The van der Waals surface area contributed by atoms with E-state index in [0.29, 0.717) is 13.0 Å². The molecule has 2 rings (SSSR count). The smallest absolute Gasteiger partial charge is 0.261 e. The highest BCUT2D eigenvalue weighted by Crippen LogP contribution is 2.18. The van der Waals surface area contributed by atoms with E-state index in [4.69, 9.17) is 4.74 Å². The van der Waals surface area contributed by atoms with E-state index in [-0.39, 0.29) is 11.7 Å². The molecule has 2 aromatic rings. The molecular formula is C21H26FNO2. The lowest BCUT2D eigenvalue weighted by atomic mass is 10.1. The molecule has 25 heavy (non-hydrogen) atoms.